The Balaban J connectivity index is 1.54. The molecule has 2 aromatic carbocycles. The topological polar surface area (TPSA) is 63.7 Å². The first-order chi connectivity index (χ1) is 14.2. The average molecular weight is 389 g/mol. The van der Waals surface area contributed by atoms with Crippen LogP contribution in [0.25, 0.3) is 0 Å². The van der Waals surface area contributed by atoms with E-state index in [1.165, 1.54) is 5.56 Å². The van der Waals surface area contributed by atoms with Crippen molar-refractivity contribution in [3.63, 3.8) is 0 Å². The van der Waals surface area contributed by atoms with Gasteiger partial charge in [-0.05, 0) is 48.7 Å². The summed E-state index contributed by atoms with van der Waals surface area (Å²) in [5.74, 6) is 1.33. The van der Waals surface area contributed by atoms with E-state index in [0.29, 0.717) is 18.0 Å². The van der Waals surface area contributed by atoms with Gasteiger partial charge in [-0.25, -0.2) is 4.98 Å². The highest BCUT2D eigenvalue weighted by atomic mass is 16.5. The Labute approximate surface area is 170 Å². The molecule has 0 saturated carbocycles. The fraction of sp³-hybridized carbons (Fsp3) is 0.217. The lowest BCUT2D eigenvalue weighted by atomic mass is 10.0. The number of aromatic nitrogens is 1. The maximum absolute atomic E-state index is 13.0. The predicted molar refractivity (Wildman–Crippen MR) is 114 cm³/mol. The summed E-state index contributed by atoms with van der Waals surface area (Å²) in [4.78, 5) is 19.2. The third-order valence-corrected chi connectivity index (χ3v) is 5.02. The summed E-state index contributed by atoms with van der Waals surface area (Å²) in [5.41, 5.74) is 4.12. The van der Waals surface area contributed by atoms with E-state index in [1.54, 1.807) is 26.5 Å². The molecule has 0 unspecified atom stereocenters. The van der Waals surface area contributed by atoms with Crippen LogP contribution in [0, 0.1) is 0 Å². The number of nitrogens with one attached hydrogen (secondary N) is 1. The van der Waals surface area contributed by atoms with Crippen molar-refractivity contribution in [2.45, 2.75) is 12.8 Å². The number of amides is 1. The highest BCUT2D eigenvalue weighted by molar-refractivity contribution is 6.05. The minimum Gasteiger partial charge on any atom is -0.497 e. The van der Waals surface area contributed by atoms with Gasteiger partial charge in [0.2, 0.25) is 0 Å². The van der Waals surface area contributed by atoms with E-state index >= 15 is 0 Å². The summed E-state index contributed by atoms with van der Waals surface area (Å²) in [6.07, 6.45) is 3.61. The van der Waals surface area contributed by atoms with Gasteiger partial charge in [0.25, 0.3) is 5.91 Å². The van der Waals surface area contributed by atoms with Gasteiger partial charge in [0.05, 0.1) is 31.8 Å². The van der Waals surface area contributed by atoms with Crippen LogP contribution in [0.4, 0.5) is 17.1 Å². The number of methoxy groups -OCH3 is 2. The molecule has 6 heteroatoms. The molecule has 1 N–H and O–H groups in total. The third kappa shape index (κ3) is 3.87. The molecule has 2 heterocycles. The van der Waals surface area contributed by atoms with Crippen molar-refractivity contribution >= 4 is 23.0 Å². The van der Waals surface area contributed by atoms with E-state index in [-0.39, 0.29) is 5.91 Å². The summed E-state index contributed by atoms with van der Waals surface area (Å²) in [6, 6.07) is 17.2. The zero-order chi connectivity index (χ0) is 20.2. The maximum atomic E-state index is 13.0. The van der Waals surface area contributed by atoms with E-state index in [0.717, 1.165) is 35.7 Å². The number of anilines is 3. The van der Waals surface area contributed by atoms with Crippen molar-refractivity contribution in [3.05, 3.63) is 72.1 Å². The highest BCUT2D eigenvalue weighted by Gasteiger charge is 2.24. The lowest BCUT2D eigenvalue weighted by Crippen LogP contribution is -2.35. The number of pyridine rings is 1. The van der Waals surface area contributed by atoms with Crippen LogP contribution in [0.3, 0.4) is 0 Å². The molecular formula is C23H23N3O3. The zero-order valence-corrected chi connectivity index (χ0v) is 16.5. The van der Waals surface area contributed by atoms with Crippen LogP contribution in [0.2, 0.25) is 0 Å². The Bertz CT molecular complexity index is 1020. The van der Waals surface area contributed by atoms with Crippen LogP contribution >= 0.6 is 0 Å². The third-order valence-electron chi connectivity index (χ3n) is 5.02. The van der Waals surface area contributed by atoms with Crippen LogP contribution in [0.5, 0.6) is 11.5 Å². The van der Waals surface area contributed by atoms with Gasteiger partial charge in [-0.3, -0.25) is 4.79 Å². The predicted octanol–water partition coefficient (Wildman–Crippen LogP) is 4.44. The Kier molecular flexibility index (Phi) is 5.33. The molecular weight excluding hydrogens is 366 g/mol. The van der Waals surface area contributed by atoms with E-state index in [1.807, 2.05) is 47.4 Å². The van der Waals surface area contributed by atoms with Crippen molar-refractivity contribution in [2.24, 2.45) is 0 Å². The number of benzene rings is 2. The smallest absolute Gasteiger partial charge is 0.276 e. The number of hydrogen-bond acceptors (Lipinski definition) is 5. The van der Waals surface area contributed by atoms with Gasteiger partial charge in [0.15, 0.2) is 0 Å². The molecule has 0 atom stereocenters. The number of hydrogen-bond donors (Lipinski definition) is 1. The molecule has 3 aromatic rings. The average Bonchev–Trinajstić information content (AvgIpc) is 2.78. The molecule has 1 aromatic heterocycles. The molecule has 0 saturated heterocycles. The van der Waals surface area contributed by atoms with E-state index in [4.69, 9.17) is 9.47 Å². The standard InChI is InChI=1S/C23H23N3O3/c1-28-18-10-12-22(29-2)20(14-18)25-17-9-11-19(24-15-17)23(27)26-13-5-7-16-6-3-4-8-21(16)26/h3-4,6,8-12,14-15,25H,5,7,13H2,1-2H3. The molecule has 1 aliphatic heterocycles. The van der Waals surface area contributed by atoms with Gasteiger partial charge in [-0.2, -0.15) is 0 Å². The summed E-state index contributed by atoms with van der Waals surface area (Å²) >= 11 is 0. The molecule has 4 rings (SSSR count). The fourth-order valence-corrected chi connectivity index (χ4v) is 3.54. The summed E-state index contributed by atoms with van der Waals surface area (Å²) in [6.45, 7) is 0.707. The highest BCUT2D eigenvalue weighted by Crippen LogP contribution is 2.32. The fourth-order valence-electron chi connectivity index (χ4n) is 3.54. The maximum Gasteiger partial charge on any atom is 0.276 e. The number of carbonyl (C=O) groups excluding carboxylic acids is 1. The number of nitrogens with zero attached hydrogens (tertiary/aromatic N) is 2. The number of ether oxygens (including phenoxy) is 2. The first-order valence-corrected chi connectivity index (χ1v) is 9.54. The van der Waals surface area contributed by atoms with Crippen molar-refractivity contribution in [1.82, 2.24) is 4.98 Å². The largest absolute Gasteiger partial charge is 0.497 e. The molecule has 1 amide bonds. The van der Waals surface area contributed by atoms with Crippen molar-refractivity contribution < 1.29 is 14.3 Å². The normalized spacial score (nSPS) is 12.8. The first kappa shape index (κ1) is 18.8. The number of rotatable bonds is 5. The minimum atomic E-state index is -0.0809. The second-order valence-corrected chi connectivity index (χ2v) is 6.81. The first-order valence-electron chi connectivity index (χ1n) is 9.54. The van der Waals surface area contributed by atoms with Crippen molar-refractivity contribution in [1.29, 1.82) is 0 Å². The van der Waals surface area contributed by atoms with Crippen LogP contribution in [-0.2, 0) is 6.42 Å². The molecule has 0 radical (unpaired) electrons. The van der Waals surface area contributed by atoms with Gasteiger partial charge < -0.3 is 19.7 Å². The van der Waals surface area contributed by atoms with Crippen molar-refractivity contribution in [3.8, 4) is 11.5 Å². The molecule has 0 fully saturated rings. The van der Waals surface area contributed by atoms with Gasteiger partial charge in [-0.15, -0.1) is 0 Å². The monoisotopic (exact) mass is 389 g/mol. The van der Waals surface area contributed by atoms with E-state index < -0.39 is 0 Å². The second-order valence-electron chi connectivity index (χ2n) is 6.81. The van der Waals surface area contributed by atoms with Crippen LogP contribution in [0.15, 0.2) is 60.8 Å². The van der Waals surface area contributed by atoms with Crippen molar-refractivity contribution in [2.75, 3.05) is 31.0 Å². The quantitative estimate of drug-likeness (QED) is 0.699. The summed E-state index contributed by atoms with van der Waals surface area (Å²) in [5, 5.41) is 3.27. The lowest BCUT2D eigenvalue weighted by molar-refractivity contribution is 0.0980. The molecule has 29 heavy (non-hydrogen) atoms. The summed E-state index contributed by atoms with van der Waals surface area (Å²) in [7, 11) is 3.23. The van der Waals surface area contributed by atoms with E-state index in [9.17, 15) is 4.79 Å². The number of carbonyl (C=O) groups is 1. The van der Waals surface area contributed by atoms with Crippen LogP contribution in [-0.4, -0.2) is 31.7 Å². The molecule has 6 nitrogen and oxygen atoms in total. The number of para-hydroxylation sites is 1. The zero-order valence-electron chi connectivity index (χ0n) is 16.5. The minimum absolute atomic E-state index is 0.0809. The van der Waals surface area contributed by atoms with Gasteiger partial charge in [-0.1, -0.05) is 18.2 Å². The van der Waals surface area contributed by atoms with Gasteiger partial charge in [0, 0.05) is 18.3 Å². The molecule has 0 spiro atoms. The number of aryl methyl sites for hydroxylation is 1. The molecule has 0 aliphatic carbocycles. The van der Waals surface area contributed by atoms with Gasteiger partial charge >= 0.3 is 0 Å². The Morgan fingerprint density at radius 2 is 1.93 bits per heavy atom. The Hall–Kier alpha value is -3.54. The van der Waals surface area contributed by atoms with Crippen LogP contribution in [0.1, 0.15) is 22.5 Å². The lowest BCUT2D eigenvalue weighted by Gasteiger charge is -2.29. The molecule has 148 valence electrons. The second kappa shape index (κ2) is 8.22. The number of fused-ring (bicyclic) bond motifs is 1. The van der Waals surface area contributed by atoms with Crippen LogP contribution < -0.4 is 19.7 Å². The molecule has 0 bridgehead atoms. The Morgan fingerprint density at radius 1 is 1.07 bits per heavy atom. The SMILES string of the molecule is COc1ccc(OC)c(Nc2ccc(C(=O)N3CCCc4ccccc43)nc2)c1. The van der Waals surface area contributed by atoms with E-state index in [2.05, 4.69) is 16.4 Å². The molecule has 1 aliphatic rings. The Morgan fingerprint density at radius 3 is 2.69 bits per heavy atom. The van der Waals surface area contributed by atoms with Gasteiger partial charge in [0.1, 0.15) is 17.2 Å². The summed E-state index contributed by atoms with van der Waals surface area (Å²) < 4.78 is 10.7.